The number of benzene rings is 1. The highest BCUT2D eigenvalue weighted by Crippen LogP contribution is 2.32. The minimum atomic E-state index is -0.828. The van der Waals surface area contributed by atoms with E-state index >= 15 is 0 Å². The van der Waals surface area contributed by atoms with E-state index in [-0.39, 0.29) is 11.8 Å². The standard InChI is InChI=1S/C18H20N4O3/c23-16(7-12-22-11-4-9-19-22)21-10-3-8-18(13-21)20-17(24)14-5-1-2-6-15(14)25-18/h1-2,4-6,9,11H,3,7-8,10,12-13H2,(H,20,24)/t18-/m0/s1. The fraction of sp³-hybridized carbons (Fsp3) is 0.389. The molecule has 0 radical (unpaired) electrons. The van der Waals surface area contributed by atoms with Crippen LogP contribution in [0, 0.1) is 0 Å². The van der Waals surface area contributed by atoms with E-state index in [0.717, 1.165) is 6.42 Å². The summed E-state index contributed by atoms with van der Waals surface area (Å²) in [6.07, 6.45) is 5.39. The summed E-state index contributed by atoms with van der Waals surface area (Å²) in [5.41, 5.74) is -0.291. The normalized spacial score (nSPS) is 22.2. The maximum atomic E-state index is 12.6. The Morgan fingerprint density at radius 1 is 1.32 bits per heavy atom. The number of piperidine rings is 1. The van der Waals surface area contributed by atoms with Crippen LogP contribution in [-0.4, -0.2) is 45.3 Å². The Kier molecular flexibility index (Phi) is 3.91. The number of amides is 2. The molecule has 0 bridgehead atoms. The number of likely N-dealkylation sites (tertiary alicyclic amines) is 1. The number of para-hydroxylation sites is 1. The van der Waals surface area contributed by atoms with Gasteiger partial charge in [0.2, 0.25) is 11.6 Å². The second kappa shape index (κ2) is 6.23. The molecule has 1 atom stereocenters. The molecule has 1 fully saturated rings. The van der Waals surface area contributed by atoms with Crippen LogP contribution in [0.25, 0.3) is 0 Å². The summed E-state index contributed by atoms with van der Waals surface area (Å²) in [5, 5.41) is 7.09. The van der Waals surface area contributed by atoms with Crippen LogP contribution in [0.4, 0.5) is 0 Å². The van der Waals surface area contributed by atoms with Gasteiger partial charge in [-0.25, -0.2) is 0 Å². The number of aromatic nitrogens is 2. The summed E-state index contributed by atoms with van der Waals surface area (Å²) in [7, 11) is 0. The molecule has 7 nitrogen and oxygen atoms in total. The van der Waals surface area contributed by atoms with Crippen LogP contribution in [0.15, 0.2) is 42.7 Å². The van der Waals surface area contributed by atoms with E-state index in [1.165, 1.54) is 0 Å². The second-order valence-corrected chi connectivity index (χ2v) is 6.48. The first-order valence-corrected chi connectivity index (χ1v) is 8.51. The van der Waals surface area contributed by atoms with Gasteiger partial charge in [-0.2, -0.15) is 5.10 Å². The van der Waals surface area contributed by atoms with Crippen molar-refractivity contribution in [2.75, 3.05) is 13.1 Å². The molecule has 2 aromatic rings. The van der Waals surface area contributed by atoms with Crippen molar-refractivity contribution in [1.29, 1.82) is 0 Å². The van der Waals surface area contributed by atoms with Crippen molar-refractivity contribution >= 4 is 11.8 Å². The van der Waals surface area contributed by atoms with Crippen LogP contribution in [0.1, 0.15) is 29.6 Å². The van der Waals surface area contributed by atoms with Crippen molar-refractivity contribution in [3.05, 3.63) is 48.3 Å². The van der Waals surface area contributed by atoms with Gasteiger partial charge in [0.1, 0.15) is 5.75 Å². The average molecular weight is 340 g/mol. The number of aryl methyl sites for hydroxylation is 1. The summed E-state index contributed by atoms with van der Waals surface area (Å²) in [6.45, 7) is 1.59. The Bertz CT molecular complexity index is 789. The number of fused-ring (bicyclic) bond motifs is 1. The molecule has 1 aromatic heterocycles. The van der Waals surface area contributed by atoms with Crippen LogP contribution in [0.5, 0.6) is 5.75 Å². The van der Waals surface area contributed by atoms with E-state index in [9.17, 15) is 9.59 Å². The SMILES string of the molecule is O=C1N[C@@]2(CCCN(C(=O)CCn3cccn3)C2)Oc2ccccc21. The van der Waals surface area contributed by atoms with Gasteiger partial charge in [0.05, 0.1) is 12.1 Å². The first-order valence-electron chi connectivity index (χ1n) is 8.51. The molecular weight excluding hydrogens is 320 g/mol. The minimum Gasteiger partial charge on any atom is -0.465 e. The highest BCUT2D eigenvalue weighted by Gasteiger charge is 2.44. The number of nitrogens with zero attached hydrogens (tertiary/aromatic N) is 3. The van der Waals surface area contributed by atoms with Crippen molar-refractivity contribution in [2.45, 2.75) is 31.5 Å². The molecule has 2 aliphatic rings. The Labute approximate surface area is 145 Å². The predicted molar refractivity (Wildman–Crippen MR) is 89.9 cm³/mol. The average Bonchev–Trinajstić information content (AvgIpc) is 3.13. The molecule has 4 rings (SSSR count). The van der Waals surface area contributed by atoms with Gasteiger partial charge in [-0.15, -0.1) is 0 Å². The zero-order valence-corrected chi connectivity index (χ0v) is 13.9. The molecule has 0 aliphatic carbocycles. The summed E-state index contributed by atoms with van der Waals surface area (Å²) in [4.78, 5) is 26.8. The lowest BCUT2D eigenvalue weighted by atomic mass is 9.97. The van der Waals surface area contributed by atoms with Crippen molar-refractivity contribution in [3.8, 4) is 5.75 Å². The fourth-order valence-electron chi connectivity index (χ4n) is 3.47. The maximum Gasteiger partial charge on any atom is 0.258 e. The highest BCUT2D eigenvalue weighted by molar-refractivity contribution is 5.98. The van der Waals surface area contributed by atoms with E-state index in [4.69, 9.17) is 4.74 Å². The number of ether oxygens (including phenoxy) is 1. The number of rotatable bonds is 3. The topological polar surface area (TPSA) is 76.5 Å². The van der Waals surface area contributed by atoms with Crippen LogP contribution in [-0.2, 0) is 11.3 Å². The second-order valence-electron chi connectivity index (χ2n) is 6.48. The lowest BCUT2D eigenvalue weighted by molar-refractivity contribution is -0.138. The molecule has 7 heteroatoms. The Morgan fingerprint density at radius 2 is 2.20 bits per heavy atom. The van der Waals surface area contributed by atoms with Gasteiger partial charge in [-0.05, 0) is 24.6 Å². The molecule has 0 saturated carbocycles. The molecule has 1 spiro atoms. The zero-order valence-electron chi connectivity index (χ0n) is 13.9. The largest absolute Gasteiger partial charge is 0.465 e. The third kappa shape index (κ3) is 3.09. The zero-order chi connectivity index (χ0) is 17.3. The Morgan fingerprint density at radius 3 is 3.04 bits per heavy atom. The van der Waals surface area contributed by atoms with Crippen molar-refractivity contribution in [1.82, 2.24) is 20.0 Å². The molecule has 2 amide bonds. The van der Waals surface area contributed by atoms with Crippen LogP contribution in [0.2, 0.25) is 0 Å². The van der Waals surface area contributed by atoms with Crippen LogP contribution < -0.4 is 10.1 Å². The molecule has 2 aliphatic heterocycles. The molecule has 1 aromatic carbocycles. The monoisotopic (exact) mass is 340 g/mol. The van der Waals surface area contributed by atoms with E-state index in [0.29, 0.717) is 43.8 Å². The van der Waals surface area contributed by atoms with Gasteiger partial charge in [0.25, 0.3) is 5.91 Å². The van der Waals surface area contributed by atoms with E-state index in [2.05, 4.69) is 10.4 Å². The summed E-state index contributed by atoms with van der Waals surface area (Å²) >= 11 is 0. The number of carbonyl (C=O) groups excluding carboxylic acids is 2. The van der Waals surface area contributed by atoms with Gasteiger partial charge in [0, 0.05) is 38.3 Å². The summed E-state index contributed by atoms with van der Waals surface area (Å²) in [6, 6.07) is 9.04. The number of hydrogen-bond donors (Lipinski definition) is 1. The number of carbonyl (C=O) groups is 2. The van der Waals surface area contributed by atoms with Crippen molar-refractivity contribution in [2.24, 2.45) is 0 Å². The third-order valence-electron chi connectivity index (χ3n) is 4.70. The van der Waals surface area contributed by atoms with E-state index in [1.807, 2.05) is 24.4 Å². The predicted octanol–water partition coefficient (Wildman–Crippen LogP) is 1.41. The van der Waals surface area contributed by atoms with Gasteiger partial charge in [-0.3, -0.25) is 14.3 Å². The molecule has 3 heterocycles. The molecule has 0 unspecified atom stereocenters. The van der Waals surface area contributed by atoms with E-state index < -0.39 is 5.72 Å². The molecule has 1 N–H and O–H groups in total. The maximum absolute atomic E-state index is 12.6. The summed E-state index contributed by atoms with van der Waals surface area (Å²) < 4.78 is 7.86. The van der Waals surface area contributed by atoms with Crippen LogP contribution >= 0.6 is 0 Å². The van der Waals surface area contributed by atoms with Crippen LogP contribution in [0.3, 0.4) is 0 Å². The number of nitrogens with one attached hydrogen (secondary N) is 1. The van der Waals surface area contributed by atoms with Gasteiger partial charge < -0.3 is 15.0 Å². The van der Waals surface area contributed by atoms with Crippen molar-refractivity contribution < 1.29 is 14.3 Å². The minimum absolute atomic E-state index is 0.0475. The smallest absolute Gasteiger partial charge is 0.258 e. The van der Waals surface area contributed by atoms with Gasteiger partial charge >= 0.3 is 0 Å². The first kappa shape index (κ1) is 15.7. The first-order chi connectivity index (χ1) is 12.2. The number of hydrogen-bond acceptors (Lipinski definition) is 4. The fourth-order valence-corrected chi connectivity index (χ4v) is 3.47. The molecule has 25 heavy (non-hydrogen) atoms. The lowest BCUT2D eigenvalue weighted by Gasteiger charge is -2.45. The summed E-state index contributed by atoms with van der Waals surface area (Å²) in [5.74, 6) is 0.482. The molecular formula is C18H20N4O3. The van der Waals surface area contributed by atoms with E-state index in [1.54, 1.807) is 27.9 Å². The quantitative estimate of drug-likeness (QED) is 0.917. The Hall–Kier alpha value is -2.83. The molecule has 1 saturated heterocycles. The molecule has 130 valence electrons. The van der Waals surface area contributed by atoms with Gasteiger partial charge in [-0.1, -0.05) is 12.1 Å². The van der Waals surface area contributed by atoms with Crippen molar-refractivity contribution in [3.63, 3.8) is 0 Å². The lowest BCUT2D eigenvalue weighted by Crippen LogP contribution is -2.64. The highest BCUT2D eigenvalue weighted by atomic mass is 16.5. The van der Waals surface area contributed by atoms with Gasteiger partial charge in [0.15, 0.2) is 0 Å². The Balaban J connectivity index is 1.46. The third-order valence-corrected chi connectivity index (χ3v) is 4.70.